The molecule has 104 valence electrons. The molecule has 0 saturated heterocycles. The summed E-state index contributed by atoms with van der Waals surface area (Å²) in [4.78, 5) is 12.5. The molecular weight excluding hydrogens is 264 g/mol. The van der Waals surface area contributed by atoms with Gasteiger partial charge in [-0.25, -0.2) is 0 Å². The number of carbonyl (C=O) groups excluding carboxylic acids is 1. The van der Waals surface area contributed by atoms with Gasteiger partial charge < -0.3 is 5.32 Å². The minimum absolute atomic E-state index is 0.0683. The molecule has 0 unspecified atom stereocenters. The van der Waals surface area contributed by atoms with Crippen LogP contribution in [0.2, 0.25) is 0 Å². The summed E-state index contributed by atoms with van der Waals surface area (Å²) in [5.74, 6) is -0.0683. The van der Waals surface area contributed by atoms with Crippen molar-refractivity contribution in [3.05, 3.63) is 59.7 Å². The molecule has 1 heterocycles. The maximum absolute atomic E-state index is 12.5. The molecular formula is C16H14N4O. The van der Waals surface area contributed by atoms with Gasteiger partial charge in [0.15, 0.2) is 0 Å². The monoisotopic (exact) mass is 278 g/mol. The smallest absolute Gasteiger partial charge is 0.252 e. The average Bonchev–Trinajstić information content (AvgIpc) is 3.15. The van der Waals surface area contributed by atoms with E-state index in [1.807, 2.05) is 18.2 Å². The lowest BCUT2D eigenvalue weighted by Gasteiger charge is -2.18. The first kappa shape index (κ1) is 12.1. The summed E-state index contributed by atoms with van der Waals surface area (Å²) in [7, 11) is 0. The van der Waals surface area contributed by atoms with Crippen molar-refractivity contribution >= 4 is 16.9 Å². The van der Waals surface area contributed by atoms with Crippen molar-refractivity contribution in [2.75, 3.05) is 0 Å². The van der Waals surface area contributed by atoms with Crippen LogP contribution in [0.4, 0.5) is 0 Å². The number of carbonyl (C=O) groups is 1. The highest BCUT2D eigenvalue weighted by Gasteiger charge is 2.45. The number of fused-ring (bicyclic) bond motifs is 1. The Kier molecular flexibility index (Phi) is 2.54. The first-order valence-electron chi connectivity index (χ1n) is 6.95. The highest BCUT2D eigenvalue weighted by Crippen LogP contribution is 2.45. The van der Waals surface area contributed by atoms with Gasteiger partial charge in [-0.3, -0.25) is 4.79 Å². The average molecular weight is 278 g/mol. The number of benzene rings is 2. The van der Waals surface area contributed by atoms with Crippen LogP contribution in [0.1, 0.15) is 28.8 Å². The minimum atomic E-state index is -0.197. The van der Waals surface area contributed by atoms with Crippen LogP contribution >= 0.6 is 0 Å². The van der Waals surface area contributed by atoms with Gasteiger partial charge in [0.25, 0.3) is 5.91 Å². The number of hydrogen-bond donors (Lipinski definition) is 2. The van der Waals surface area contributed by atoms with Crippen LogP contribution in [0.25, 0.3) is 11.0 Å². The van der Waals surface area contributed by atoms with Crippen LogP contribution in [0.5, 0.6) is 0 Å². The van der Waals surface area contributed by atoms with Gasteiger partial charge in [-0.2, -0.15) is 15.4 Å². The molecule has 1 aromatic heterocycles. The lowest BCUT2D eigenvalue weighted by Crippen LogP contribution is -2.34. The van der Waals surface area contributed by atoms with Crippen molar-refractivity contribution in [3.8, 4) is 0 Å². The summed E-state index contributed by atoms with van der Waals surface area (Å²) in [6, 6.07) is 15.5. The van der Waals surface area contributed by atoms with Gasteiger partial charge in [0, 0.05) is 5.56 Å². The lowest BCUT2D eigenvalue weighted by molar-refractivity contribution is 0.0931. The second-order valence-corrected chi connectivity index (χ2v) is 5.43. The molecule has 1 fully saturated rings. The zero-order chi connectivity index (χ0) is 14.3. The Morgan fingerprint density at radius 2 is 1.81 bits per heavy atom. The van der Waals surface area contributed by atoms with E-state index in [1.54, 1.807) is 18.2 Å². The summed E-state index contributed by atoms with van der Waals surface area (Å²) in [6.45, 7) is 0. The van der Waals surface area contributed by atoms with Crippen molar-refractivity contribution in [3.63, 3.8) is 0 Å². The van der Waals surface area contributed by atoms with Crippen LogP contribution in [0.15, 0.2) is 48.5 Å². The molecule has 4 rings (SSSR count). The van der Waals surface area contributed by atoms with Gasteiger partial charge in [-0.05, 0) is 36.6 Å². The normalized spacial score (nSPS) is 15.8. The fraction of sp³-hybridized carbons (Fsp3) is 0.188. The number of nitrogens with zero attached hydrogens (tertiary/aromatic N) is 2. The maximum atomic E-state index is 12.5. The Bertz CT molecular complexity index is 805. The molecule has 5 heteroatoms. The van der Waals surface area contributed by atoms with E-state index in [9.17, 15) is 4.79 Å². The molecule has 5 nitrogen and oxygen atoms in total. The van der Waals surface area contributed by atoms with E-state index in [1.165, 1.54) is 5.56 Å². The summed E-state index contributed by atoms with van der Waals surface area (Å²) in [5, 5.41) is 13.7. The van der Waals surface area contributed by atoms with Gasteiger partial charge in [0.2, 0.25) is 0 Å². The van der Waals surface area contributed by atoms with Crippen molar-refractivity contribution in [1.29, 1.82) is 0 Å². The summed E-state index contributed by atoms with van der Waals surface area (Å²) < 4.78 is 0. The predicted molar refractivity (Wildman–Crippen MR) is 78.7 cm³/mol. The van der Waals surface area contributed by atoms with Crippen LogP contribution in [0.3, 0.4) is 0 Å². The van der Waals surface area contributed by atoms with Crippen LogP contribution in [0, 0.1) is 0 Å². The fourth-order valence-corrected chi connectivity index (χ4v) is 2.64. The van der Waals surface area contributed by atoms with Gasteiger partial charge in [0.05, 0.1) is 5.54 Å². The highest BCUT2D eigenvalue weighted by molar-refractivity contribution is 5.97. The summed E-state index contributed by atoms with van der Waals surface area (Å²) >= 11 is 0. The molecule has 2 aromatic carbocycles. The van der Waals surface area contributed by atoms with Gasteiger partial charge >= 0.3 is 0 Å². The Morgan fingerprint density at radius 1 is 1.05 bits per heavy atom. The molecule has 1 aliphatic carbocycles. The van der Waals surface area contributed by atoms with E-state index in [0.29, 0.717) is 11.1 Å². The molecule has 1 saturated carbocycles. The second kappa shape index (κ2) is 4.41. The third-order valence-corrected chi connectivity index (χ3v) is 4.01. The molecule has 2 N–H and O–H groups in total. The number of nitrogens with one attached hydrogen (secondary N) is 2. The van der Waals surface area contributed by atoms with Gasteiger partial charge in [0.1, 0.15) is 11.0 Å². The third-order valence-electron chi connectivity index (χ3n) is 4.01. The zero-order valence-electron chi connectivity index (χ0n) is 11.3. The fourth-order valence-electron chi connectivity index (χ4n) is 2.64. The number of rotatable bonds is 3. The first-order chi connectivity index (χ1) is 10.3. The third kappa shape index (κ3) is 2.07. The van der Waals surface area contributed by atoms with Crippen LogP contribution < -0.4 is 5.32 Å². The molecule has 0 radical (unpaired) electrons. The molecule has 3 aromatic rings. The Hall–Kier alpha value is -2.69. The molecule has 0 atom stereocenters. The molecule has 0 aliphatic heterocycles. The van der Waals surface area contributed by atoms with Crippen LogP contribution in [-0.2, 0) is 5.54 Å². The van der Waals surface area contributed by atoms with Crippen molar-refractivity contribution in [2.45, 2.75) is 18.4 Å². The quantitative estimate of drug-likeness (QED) is 0.772. The Labute approximate surface area is 121 Å². The SMILES string of the molecule is O=C(NC1(c2ccccc2)CC1)c1ccc2n[nH]nc2c1. The molecule has 0 spiro atoms. The zero-order valence-corrected chi connectivity index (χ0v) is 11.3. The molecule has 1 aliphatic rings. The standard InChI is InChI=1S/C16H14N4O/c21-15(11-6-7-13-14(10-11)19-20-18-13)17-16(8-9-16)12-4-2-1-3-5-12/h1-7,10H,8-9H2,(H,17,21)(H,18,19,20). The van der Waals surface area contributed by atoms with Crippen molar-refractivity contribution in [2.24, 2.45) is 0 Å². The second-order valence-electron chi connectivity index (χ2n) is 5.43. The lowest BCUT2D eigenvalue weighted by atomic mass is 10.0. The molecule has 21 heavy (non-hydrogen) atoms. The van der Waals surface area contributed by atoms with Crippen LogP contribution in [-0.4, -0.2) is 21.3 Å². The maximum Gasteiger partial charge on any atom is 0.252 e. The molecule has 1 amide bonds. The minimum Gasteiger partial charge on any atom is -0.343 e. The van der Waals surface area contributed by atoms with E-state index in [-0.39, 0.29) is 11.4 Å². The van der Waals surface area contributed by atoms with E-state index < -0.39 is 0 Å². The summed E-state index contributed by atoms with van der Waals surface area (Å²) in [5.41, 5.74) is 3.04. The van der Waals surface area contributed by atoms with Crippen molar-refractivity contribution in [1.82, 2.24) is 20.7 Å². The molecule has 0 bridgehead atoms. The summed E-state index contributed by atoms with van der Waals surface area (Å²) in [6.07, 6.45) is 1.96. The number of aromatic nitrogens is 3. The topological polar surface area (TPSA) is 70.7 Å². The Morgan fingerprint density at radius 3 is 2.57 bits per heavy atom. The van der Waals surface area contributed by atoms with Gasteiger partial charge in [-0.1, -0.05) is 30.3 Å². The van der Waals surface area contributed by atoms with E-state index in [2.05, 4.69) is 32.9 Å². The van der Waals surface area contributed by atoms with E-state index in [4.69, 9.17) is 0 Å². The largest absolute Gasteiger partial charge is 0.343 e. The number of H-pyrrole nitrogens is 1. The first-order valence-corrected chi connectivity index (χ1v) is 6.95. The van der Waals surface area contributed by atoms with Crippen molar-refractivity contribution < 1.29 is 4.79 Å². The van der Waals surface area contributed by atoms with E-state index in [0.717, 1.165) is 18.4 Å². The highest BCUT2D eigenvalue weighted by atomic mass is 16.1. The predicted octanol–water partition coefficient (Wildman–Crippen LogP) is 2.38. The van der Waals surface area contributed by atoms with Gasteiger partial charge in [-0.15, -0.1) is 0 Å². The number of aromatic amines is 1. The number of hydrogen-bond acceptors (Lipinski definition) is 3. The Balaban J connectivity index is 1.61. The number of amides is 1. The van der Waals surface area contributed by atoms with E-state index >= 15 is 0 Å².